The van der Waals surface area contributed by atoms with E-state index in [1.165, 1.54) is 5.06 Å². The van der Waals surface area contributed by atoms with Crippen LogP contribution in [0.5, 0.6) is 0 Å². The predicted molar refractivity (Wildman–Crippen MR) is 52.9 cm³/mol. The minimum absolute atomic E-state index is 0.397. The van der Waals surface area contributed by atoms with Crippen molar-refractivity contribution >= 4 is 0 Å². The van der Waals surface area contributed by atoms with E-state index < -0.39 is 0 Å². The molecule has 0 aliphatic rings. The van der Waals surface area contributed by atoms with Crippen molar-refractivity contribution in [1.29, 1.82) is 0 Å². The van der Waals surface area contributed by atoms with Crippen molar-refractivity contribution in [2.45, 2.75) is 20.0 Å². The summed E-state index contributed by atoms with van der Waals surface area (Å²) in [5.41, 5.74) is 4.12. The molecule has 0 spiro atoms. The average Bonchev–Trinajstić information content (AvgIpc) is 2.21. The maximum Gasteiger partial charge on any atom is 0.0491 e. The Kier molecular flexibility index (Phi) is 4.55. The summed E-state index contributed by atoms with van der Waals surface area (Å²) in [4.78, 5) is 0. The molecule has 4 heteroatoms. The molecular weight excluding hydrogens is 180 g/mol. The van der Waals surface area contributed by atoms with Crippen LogP contribution < -0.4 is 5.48 Å². The maximum atomic E-state index is 9.35. The topological polar surface area (TPSA) is 55.7 Å². The lowest BCUT2D eigenvalue weighted by Crippen LogP contribution is -2.19. The number of nitrogens with one attached hydrogen (secondary N) is 1. The Morgan fingerprint density at radius 3 is 2.50 bits per heavy atom. The molecule has 0 fully saturated rings. The Morgan fingerprint density at radius 1 is 1.29 bits per heavy atom. The van der Waals surface area contributed by atoms with E-state index in [0.29, 0.717) is 19.6 Å². The fraction of sp³-hybridized carbons (Fsp3) is 0.400. The van der Waals surface area contributed by atoms with Gasteiger partial charge >= 0.3 is 0 Å². The molecule has 0 amide bonds. The first-order valence-electron chi connectivity index (χ1n) is 4.65. The molecule has 0 saturated heterocycles. The highest BCUT2D eigenvalue weighted by atomic mass is 16.5. The molecule has 4 nitrogen and oxygen atoms in total. The molecule has 0 atom stereocenters. The molecule has 1 rings (SSSR count). The second-order valence-electron chi connectivity index (χ2n) is 3.08. The Balaban J connectivity index is 2.73. The minimum atomic E-state index is 0.397. The second-order valence-corrected chi connectivity index (χ2v) is 3.08. The number of rotatable bonds is 5. The van der Waals surface area contributed by atoms with Gasteiger partial charge in [0, 0.05) is 19.6 Å². The van der Waals surface area contributed by atoms with Crippen LogP contribution in [-0.4, -0.2) is 22.0 Å². The zero-order valence-corrected chi connectivity index (χ0v) is 8.27. The summed E-state index contributed by atoms with van der Waals surface area (Å²) in [5.74, 6) is 0. The van der Waals surface area contributed by atoms with Gasteiger partial charge in [-0.1, -0.05) is 31.2 Å². The molecule has 0 heterocycles. The van der Waals surface area contributed by atoms with Gasteiger partial charge in [0.05, 0.1) is 0 Å². The molecule has 0 unspecified atom stereocenters. The Hall–Kier alpha value is -0.940. The first-order chi connectivity index (χ1) is 6.77. The quantitative estimate of drug-likeness (QED) is 0.623. The van der Waals surface area contributed by atoms with Crippen molar-refractivity contribution in [2.75, 3.05) is 6.54 Å². The van der Waals surface area contributed by atoms with Crippen molar-refractivity contribution < 1.29 is 10.4 Å². The molecule has 1 aromatic rings. The zero-order chi connectivity index (χ0) is 10.4. The van der Waals surface area contributed by atoms with Gasteiger partial charge in [-0.3, -0.25) is 0 Å². The van der Waals surface area contributed by atoms with Crippen LogP contribution in [0.4, 0.5) is 0 Å². The van der Waals surface area contributed by atoms with Crippen molar-refractivity contribution in [2.24, 2.45) is 0 Å². The Labute approximate surface area is 83.7 Å². The molecular formula is C10H16N2O2. The molecule has 0 bridgehead atoms. The third kappa shape index (κ3) is 3.08. The van der Waals surface area contributed by atoms with Gasteiger partial charge in [-0.05, 0) is 11.1 Å². The van der Waals surface area contributed by atoms with E-state index in [-0.39, 0.29) is 0 Å². The molecule has 0 aliphatic carbocycles. The Morgan fingerprint density at radius 2 is 1.93 bits per heavy atom. The van der Waals surface area contributed by atoms with Crippen LogP contribution in [0.1, 0.15) is 18.1 Å². The summed E-state index contributed by atoms with van der Waals surface area (Å²) in [7, 11) is 0. The summed E-state index contributed by atoms with van der Waals surface area (Å²) in [6, 6.07) is 7.68. The van der Waals surface area contributed by atoms with E-state index in [1.807, 2.05) is 31.2 Å². The van der Waals surface area contributed by atoms with Gasteiger partial charge < -0.3 is 10.4 Å². The number of nitrogens with zero attached hydrogens (tertiary/aromatic N) is 1. The van der Waals surface area contributed by atoms with Gasteiger partial charge in [0.25, 0.3) is 0 Å². The van der Waals surface area contributed by atoms with Gasteiger partial charge in [-0.2, -0.15) is 5.06 Å². The van der Waals surface area contributed by atoms with Gasteiger partial charge in [-0.25, -0.2) is 5.48 Å². The van der Waals surface area contributed by atoms with Crippen molar-refractivity contribution in [1.82, 2.24) is 10.5 Å². The van der Waals surface area contributed by atoms with E-state index in [0.717, 1.165) is 11.1 Å². The van der Waals surface area contributed by atoms with Gasteiger partial charge in [0.2, 0.25) is 0 Å². The van der Waals surface area contributed by atoms with E-state index in [1.54, 1.807) is 0 Å². The van der Waals surface area contributed by atoms with E-state index in [2.05, 4.69) is 5.48 Å². The lowest BCUT2D eigenvalue weighted by atomic mass is 10.1. The van der Waals surface area contributed by atoms with Crippen LogP contribution in [0, 0.1) is 0 Å². The standard InChI is InChI=1S/C10H16N2O2/c1-2-12(14)8-10-6-4-3-5-9(10)7-11-13/h3-6,11,13-14H,2,7-8H2,1H3. The molecule has 1 aromatic carbocycles. The molecule has 78 valence electrons. The third-order valence-corrected chi connectivity index (χ3v) is 2.11. The highest BCUT2D eigenvalue weighted by Gasteiger charge is 2.04. The molecule has 0 aromatic heterocycles. The number of hydroxylamine groups is 3. The summed E-state index contributed by atoms with van der Waals surface area (Å²) in [5, 5.41) is 19.2. The monoisotopic (exact) mass is 196 g/mol. The summed E-state index contributed by atoms with van der Waals surface area (Å²) >= 11 is 0. The fourth-order valence-electron chi connectivity index (χ4n) is 1.28. The summed E-state index contributed by atoms with van der Waals surface area (Å²) in [6.07, 6.45) is 0. The van der Waals surface area contributed by atoms with Crippen LogP contribution >= 0.6 is 0 Å². The van der Waals surface area contributed by atoms with Crippen molar-refractivity contribution in [3.63, 3.8) is 0 Å². The Bertz CT molecular complexity index is 279. The zero-order valence-electron chi connectivity index (χ0n) is 8.27. The molecule has 0 radical (unpaired) electrons. The first kappa shape index (κ1) is 11.1. The van der Waals surface area contributed by atoms with E-state index >= 15 is 0 Å². The largest absolute Gasteiger partial charge is 0.316 e. The van der Waals surface area contributed by atoms with Gasteiger partial charge in [-0.15, -0.1) is 0 Å². The highest BCUT2D eigenvalue weighted by molar-refractivity contribution is 5.26. The summed E-state index contributed by atoms with van der Waals surface area (Å²) < 4.78 is 0. The average molecular weight is 196 g/mol. The maximum absolute atomic E-state index is 9.35. The van der Waals surface area contributed by atoms with Crippen LogP contribution in [0.25, 0.3) is 0 Å². The van der Waals surface area contributed by atoms with Crippen LogP contribution in [0.2, 0.25) is 0 Å². The molecule has 3 N–H and O–H groups in total. The number of benzene rings is 1. The van der Waals surface area contributed by atoms with Crippen molar-refractivity contribution in [3.8, 4) is 0 Å². The van der Waals surface area contributed by atoms with Crippen LogP contribution in [0.15, 0.2) is 24.3 Å². The van der Waals surface area contributed by atoms with Crippen molar-refractivity contribution in [3.05, 3.63) is 35.4 Å². The smallest absolute Gasteiger partial charge is 0.0491 e. The third-order valence-electron chi connectivity index (χ3n) is 2.11. The second kappa shape index (κ2) is 5.72. The summed E-state index contributed by atoms with van der Waals surface area (Å²) in [6.45, 7) is 3.34. The van der Waals surface area contributed by atoms with Crippen LogP contribution in [0.3, 0.4) is 0 Å². The lowest BCUT2D eigenvalue weighted by molar-refractivity contribution is -0.0948. The lowest BCUT2D eigenvalue weighted by Gasteiger charge is -2.14. The van der Waals surface area contributed by atoms with Gasteiger partial charge in [0.1, 0.15) is 0 Å². The fourth-order valence-corrected chi connectivity index (χ4v) is 1.28. The molecule has 0 saturated carbocycles. The van der Waals surface area contributed by atoms with Gasteiger partial charge in [0.15, 0.2) is 0 Å². The normalized spacial score (nSPS) is 10.9. The SMILES string of the molecule is CCN(O)Cc1ccccc1CNO. The van der Waals surface area contributed by atoms with E-state index in [9.17, 15) is 5.21 Å². The minimum Gasteiger partial charge on any atom is -0.316 e. The van der Waals surface area contributed by atoms with E-state index in [4.69, 9.17) is 5.21 Å². The number of hydrogen-bond donors (Lipinski definition) is 3. The molecule has 0 aliphatic heterocycles. The number of hydrogen-bond acceptors (Lipinski definition) is 4. The first-order valence-corrected chi connectivity index (χ1v) is 4.65. The molecule has 14 heavy (non-hydrogen) atoms. The predicted octanol–water partition coefficient (Wildman–Crippen LogP) is 1.38. The highest BCUT2D eigenvalue weighted by Crippen LogP contribution is 2.10. The van der Waals surface area contributed by atoms with Crippen LogP contribution in [-0.2, 0) is 13.1 Å².